The number of carbonyl (C=O) groups is 1. The summed E-state index contributed by atoms with van der Waals surface area (Å²) in [6.45, 7) is 9.77. The number of amides is 1. The number of nitrogens with one attached hydrogen (secondary N) is 2. The minimum Gasteiger partial charge on any atom is -0.372 e. The molecule has 0 atom stereocenters. The van der Waals surface area contributed by atoms with E-state index in [1.54, 1.807) is 18.3 Å². The molecule has 1 amide bonds. The summed E-state index contributed by atoms with van der Waals surface area (Å²) >= 11 is 0. The summed E-state index contributed by atoms with van der Waals surface area (Å²) in [6.07, 6.45) is 5.23. The molecule has 2 aromatic rings. The largest absolute Gasteiger partial charge is 0.372 e. The highest BCUT2D eigenvalue weighted by Gasteiger charge is 2.16. The zero-order valence-corrected chi connectivity index (χ0v) is 17.2. The second-order valence-corrected chi connectivity index (χ2v) is 8.21. The van der Waals surface area contributed by atoms with Gasteiger partial charge in [0.15, 0.2) is 0 Å². The highest BCUT2D eigenvalue weighted by molar-refractivity contribution is 6.04. The van der Waals surface area contributed by atoms with Crippen LogP contribution in [0.3, 0.4) is 0 Å². The van der Waals surface area contributed by atoms with Crippen LogP contribution in [0.25, 0.3) is 0 Å². The van der Waals surface area contributed by atoms with E-state index in [-0.39, 0.29) is 5.91 Å². The molecule has 28 heavy (non-hydrogen) atoms. The Kier molecular flexibility index (Phi) is 6.90. The van der Waals surface area contributed by atoms with E-state index in [1.807, 2.05) is 12.1 Å². The topological polar surface area (TPSA) is 57.3 Å². The SMILES string of the molecule is CC(C)CCNc1cc(C(=O)Nc2ccc(N3CCC(C)CC3)cc2)ccn1. The van der Waals surface area contributed by atoms with Gasteiger partial charge in [0.05, 0.1) is 0 Å². The summed E-state index contributed by atoms with van der Waals surface area (Å²) < 4.78 is 0. The van der Waals surface area contributed by atoms with Crippen LogP contribution in [0.2, 0.25) is 0 Å². The molecule has 1 aromatic carbocycles. The van der Waals surface area contributed by atoms with Gasteiger partial charge in [-0.3, -0.25) is 4.79 Å². The first-order chi connectivity index (χ1) is 13.5. The predicted octanol–water partition coefficient (Wildman–Crippen LogP) is 5.03. The van der Waals surface area contributed by atoms with Gasteiger partial charge in [0.1, 0.15) is 5.82 Å². The maximum absolute atomic E-state index is 12.6. The van der Waals surface area contributed by atoms with Gasteiger partial charge in [0.25, 0.3) is 5.91 Å². The van der Waals surface area contributed by atoms with Gasteiger partial charge in [0.2, 0.25) is 0 Å². The van der Waals surface area contributed by atoms with Gasteiger partial charge in [0, 0.05) is 42.8 Å². The monoisotopic (exact) mass is 380 g/mol. The van der Waals surface area contributed by atoms with E-state index in [9.17, 15) is 4.79 Å². The number of carbonyl (C=O) groups excluding carboxylic acids is 1. The Morgan fingerprint density at radius 2 is 1.89 bits per heavy atom. The Labute approximate surface area is 168 Å². The van der Waals surface area contributed by atoms with Crippen LogP contribution >= 0.6 is 0 Å². The Balaban J connectivity index is 1.57. The first kappa shape index (κ1) is 20.2. The molecule has 0 aliphatic carbocycles. The van der Waals surface area contributed by atoms with E-state index >= 15 is 0 Å². The number of pyridine rings is 1. The fourth-order valence-electron chi connectivity index (χ4n) is 3.38. The molecule has 1 saturated heterocycles. The molecule has 0 bridgehead atoms. The zero-order valence-electron chi connectivity index (χ0n) is 17.2. The van der Waals surface area contributed by atoms with Crippen molar-refractivity contribution in [2.24, 2.45) is 11.8 Å². The van der Waals surface area contributed by atoms with Crippen LogP contribution in [0, 0.1) is 11.8 Å². The summed E-state index contributed by atoms with van der Waals surface area (Å²) in [5.41, 5.74) is 2.65. The lowest BCUT2D eigenvalue weighted by Crippen LogP contribution is -2.32. The molecule has 1 aromatic heterocycles. The van der Waals surface area contributed by atoms with E-state index in [2.05, 4.69) is 53.4 Å². The maximum atomic E-state index is 12.6. The van der Waals surface area contributed by atoms with Crippen molar-refractivity contribution in [3.8, 4) is 0 Å². The predicted molar refractivity (Wildman–Crippen MR) is 117 cm³/mol. The smallest absolute Gasteiger partial charge is 0.255 e. The van der Waals surface area contributed by atoms with Gasteiger partial charge < -0.3 is 15.5 Å². The van der Waals surface area contributed by atoms with Crippen molar-refractivity contribution in [3.05, 3.63) is 48.2 Å². The summed E-state index contributed by atoms with van der Waals surface area (Å²) in [5.74, 6) is 2.08. The lowest BCUT2D eigenvalue weighted by molar-refractivity contribution is 0.102. The molecular formula is C23H32N4O. The molecule has 3 rings (SSSR count). The highest BCUT2D eigenvalue weighted by atomic mass is 16.1. The lowest BCUT2D eigenvalue weighted by Gasteiger charge is -2.32. The average molecular weight is 381 g/mol. The third-order valence-corrected chi connectivity index (χ3v) is 5.32. The lowest BCUT2D eigenvalue weighted by atomic mass is 9.99. The van der Waals surface area contributed by atoms with Gasteiger partial charge in [-0.2, -0.15) is 0 Å². The first-order valence-corrected chi connectivity index (χ1v) is 10.4. The molecule has 0 radical (unpaired) electrons. The Hall–Kier alpha value is -2.56. The maximum Gasteiger partial charge on any atom is 0.255 e. The molecule has 0 spiro atoms. The number of piperidine rings is 1. The van der Waals surface area contributed by atoms with Crippen LogP contribution in [-0.2, 0) is 0 Å². The number of rotatable bonds is 7. The third-order valence-electron chi connectivity index (χ3n) is 5.32. The minimum absolute atomic E-state index is 0.117. The van der Waals surface area contributed by atoms with Crippen LogP contribution in [-0.4, -0.2) is 30.5 Å². The Morgan fingerprint density at radius 3 is 2.57 bits per heavy atom. The molecule has 1 fully saturated rings. The van der Waals surface area contributed by atoms with Crippen LogP contribution < -0.4 is 15.5 Å². The van der Waals surface area contributed by atoms with Gasteiger partial charge in [-0.25, -0.2) is 4.98 Å². The number of hydrogen-bond acceptors (Lipinski definition) is 4. The van der Waals surface area contributed by atoms with E-state index in [4.69, 9.17) is 0 Å². The zero-order chi connectivity index (χ0) is 19.9. The Bertz CT molecular complexity index is 764. The van der Waals surface area contributed by atoms with Gasteiger partial charge in [-0.1, -0.05) is 20.8 Å². The summed E-state index contributed by atoms with van der Waals surface area (Å²) in [5, 5.41) is 6.27. The van der Waals surface area contributed by atoms with Gasteiger partial charge in [-0.05, 0) is 67.5 Å². The average Bonchev–Trinajstić information content (AvgIpc) is 2.69. The summed E-state index contributed by atoms with van der Waals surface area (Å²) in [7, 11) is 0. The number of nitrogens with zero attached hydrogens (tertiary/aromatic N) is 2. The van der Waals surface area contributed by atoms with Crippen molar-refractivity contribution in [1.82, 2.24) is 4.98 Å². The van der Waals surface area contributed by atoms with Crippen molar-refractivity contribution in [3.63, 3.8) is 0 Å². The van der Waals surface area contributed by atoms with E-state index in [1.165, 1.54) is 18.5 Å². The molecule has 150 valence electrons. The number of aromatic nitrogens is 1. The van der Waals surface area contributed by atoms with Crippen molar-refractivity contribution in [2.75, 3.05) is 35.2 Å². The molecule has 0 saturated carbocycles. The molecule has 1 aliphatic rings. The normalized spacial score (nSPS) is 14.9. The van der Waals surface area contributed by atoms with Crippen LogP contribution in [0.1, 0.15) is 50.4 Å². The molecule has 2 N–H and O–H groups in total. The second-order valence-electron chi connectivity index (χ2n) is 8.21. The van der Waals surface area contributed by atoms with Gasteiger partial charge in [-0.15, -0.1) is 0 Å². The fraction of sp³-hybridized carbons (Fsp3) is 0.478. The fourth-order valence-corrected chi connectivity index (χ4v) is 3.38. The molecule has 2 heterocycles. The molecule has 1 aliphatic heterocycles. The number of benzene rings is 1. The first-order valence-electron chi connectivity index (χ1n) is 10.4. The minimum atomic E-state index is -0.117. The van der Waals surface area contributed by atoms with Crippen LogP contribution in [0.15, 0.2) is 42.6 Å². The van der Waals surface area contributed by atoms with Crippen molar-refractivity contribution < 1.29 is 4.79 Å². The van der Waals surface area contributed by atoms with Crippen LogP contribution in [0.5, 0.6) is 0 Å². The summed E-state index contributed by atoms with van der Waals surface area (Å²) in [4.78, 5) is 19.3. The number of anilines is 3. The van der Waals surface area contributed by atoms with Crippen molar-refractivity contribution in [2.45, 2.75) is 40.0 Å². The van der Waals surface area contributed by atoms with E-state index < -0.39 is 0 Å². The molecule has 5 heteroatoms. The second kappa shape index (κ2) is 9.58. The van der Waals surface area contributed by atoms with E-state index in [0.717, 1.165) is 43.5 Å². The third kappa shape index (κ3) is 5.72. The molecular weight excluding hydrogens is 348 g/mol. The highest BCUT2D eigenvalue weighted by Crippen LogP contribution is 2.24. The van der Waals surface area contributed by atoms with Gasteiger partial charge >= 0.3 is 0 Å². The van der Waals surface area contributed by atoms with E-state index in [0.29, 0.717) is 11.5 Å². The van der Waals surface area contributed by atoms with Crippen LogP contribution in [0.4, 0.5) is 17.2 Å². The standard InChI is InChI=1S/C23H32N4O/c1-17(2)8-12-24-22-16-19(9-13-25-22)23(28)26-20-4-6-21(7-5-20)27-14-10-18(3)11-15-27/h4-7,9,13,16-18H,8,10-12,14-15H2,1-3H3,(H,24,25)(H,26,28). The molecule has 0 unspecified atom stereocenters. The van der Waals surface area contributed by atoms with Crippen molar-refractivity contribution in [1.29, 1.82) is 0 Å². The van der Waals surface area contributed by atoms with Crippen molar-refractivity contribution >= 4 is 23.1 Å². The Morgan fingerprint density at radius 1 is 1.18 bits per heavy atom. The quantitative estimate of drug-likeness (QED) is 0.707. The molecule has 5 nitrogen and oxygen atoms in total. The summed E-state index contributed by atoms with van der Waals surface area (Å²) in [6, 6.07) is 11.7. The number of hydrogen-bond donors (Lipinski definition) is 2.